The average Bonchev–Trinajstić information content (AvgIpc) is 3.19. The summed E-state index contributed by atoms with van der Waals surface area (Å²) in [7, 11) is -2.95. The van der Waals surface area contributed by atoms with Gasteiger partial charge >= 0.3 is 0 Å². The molecule has 2 aliphatic heterocycles. The zero-order valence-corrected chi connectivity index (χ0v) is 16.2. The number of likely N-dealkylation sites (tertiary alicyclic amines) is 1. The van der Waals surface area contributed by atoms with Crippen molar-refractivity contribution >= 4 is 37.6 Å². The van der Waals surface area contributed by atoms with Gasteiger partial charge in [0.25, 0.3) is 5.91 Å². The zero-order chi connectivity index (χ0) is 18.0. The summed E-state index contributed by atoms with van der Waals surface area (Å²) in [4.78, 5) is 26.8. The summed E-state index contributed by atoms with van der Waals surface area (Å²) >= 11 is 3.34. The van der Waals surface area contributed by atoms with E-state index in [0.29, 0.717) is 31.5 Å². The van der Waals surface area contributed by atoms with E-state index in [1.165, 1.54) is 0 Å². The van der Waals surface area contributed by atoms with E-state index in [4.69, 9.17) is 0 Å². The molecular formula is C17H21BrN2O4S. The second-order valence-electron chi connectivity index (χ2n) is 6.68. The minimum absolute atomic E-state index is 0.0222. The van der Waals surface area contributed by atoms with Crippen molar-refractivity contribution in [1.29, 1.82) is 0 Å². The normalized spacial score (nSPS) is 25.1. The van der Waals surface area contributed by atoms with Crippen molar-refractivity contribution < 1.29 is 18.0 Å². The van der Waals surface area contributed by atoms with Crippen molar-refractivity contribution in [2.24, 2.45) is 5.92 Å². The highest BCUT2D eigenvalue weighted by molar-refractivity contribution is 9.10. The molecule has 6 nitrogen and oxygen atoms in total. The lowest BCUT2D eigenvalue weighted by Crippen LogP contribution is -2.47. The Balaban J connectivity index is 1.60. The Hall–Kier alpha value is -1.41. The number of carbonyl (C=O) groups is 2. The molecule has 2 amide bonds. The second-order valence-corrected chi connectivity index (χ2v) is 9.82. The lowest BCUT2D eigenvalue weighted by molar-refractivity contribution is -0.125. The van der Waals surface area contributed by atoms with E-state index in [0.717, 1.165) is 10.9 Å². The molecule has 0 aromatic heterocycles. The second kappa shape index (κ2) is 7.45. The zero-order valence-electron chi connectivity index (χ0n) is 13.8. The van der Waals surface area contributed by atoms with Gasteiger partial charge in [0.05, 0.1) is 11.5 Å². The fraction of sp³-hybridized carbons (Fsp3) is 0.529. The van der Waals surface area contributed by atoms with Gasteiger partial charge in [0.1, 0.15) is 6.04 Å². The van der Waals surface area contributed by atoms with Crippen LogP contribution >= 0.6 is 15.9 Å². The van der Waals surface area contributed by atoms with E-state index in [-0.39, 0.29) is 29.2 Å². The highest BCUT2D eigenvalue weighted by Crippen LogP contribution is 2.22. The maximum absolute atomic E-state index is 12.7. The summed E-state index contributed by atoms with van der Waals surface area (Å²) in [5.74, 6) is -0.0169. The summed E-state index contributed by atoms with van der Waals surface area (Å²) in [6.07, 6.45) is 2.02. The molecule has 2 heterocycles. The summed E-state index contributed by atoms with van der Waals surface area (Å²) < 4.78 is 23.9. The van der Waals surface area contributed by atoms with Gasteiger partial charge in [-0.25, -0.2) is 8.42 Å². The lowest BCUT2D eigenvalue weighted by Gasteiger charge is -2.24. The van der Waals surface area contributed by atoms with Crippen LogP contribution in [0.2, 0.25) is 0 Å². The van der Waals surface area contributed by atoms with E-state index in [1.807, 2.05) is 0 Å². The van der Waals surface area contributed by atoms with Gasteiger partial charge in [-0.15, -0.1) is 0 Å². The number of hydrogen-bond donors (Lipinski definition) is 1. The van der Waals surface area contributed by atoms with Crippen molar-refractivity contribution in [1.82, 2.24) is 10.2 Å². The van der Waals surface area contributed by atoms with Crippen LogP contribution in [0, 0.1) is 5.92 Å². The first-order valence-electron chi connectivity index (χ1n) is 8.40. The Morgan fingerprint density at radius 3 is 2.56 bits per heavy atom. The highest BCUT2D eigenvalue weighted by Gasteiger charge is 2.35. The fourth-order valence-corrected chi connectivity index (χ4v) is 5.56. The number of carbonyl (C=O) groups excluding carboxylic acids is 2. The molecule has 136 valence electrons. The molecule has 2 saturated heterocycles. The predicted octanol–water partition coefficient (Wildman–Crippen LogP) is 1.60. The van der Waals surface area contributed by atoms with Crippen molar-refractivity contribution in [3.63, 3.8) is 0 Å². The summed E-state index contributed by atoms with van der Waals surface area (Å²) in [5, 5.41) is 2.84. The van der Waals surface area contributed by atoms with Crippen molar-refractivity contribution in [3.05, 3.63) is 34.3 Å². The van der Waals surface area contributed by atoms with Crippen LogP contribution in [0.15, 0.2) is 28.7 Å². The lowest BCUT2D eigenvalue weighted by atomic mass is 10.1. The predicted molar refractivity (Wildman–Crippen MR) is 98.0 cm³/mol. The van der Waals surface area contributed by atoms with Crippen LogP contribution in [0.5, 0.6) is 0 Å². The number of sulfone groups is 1. The number of nitrogens with zero attached hydrogens (tertiary/aromatic N) is 1. The van der Waals surface area contributed by atoms with E-state index in [9.17, 15) is 18.0 Å². The highest BCUT2D eigenvalue weighted by atomic mass is 79.9. The molecule has 2 unspecified atom stereocenters. The summed E-state index contributed by atoms with van der Waals surface area (Å²) in [5.41, 5.74) is 0.560. The molecule has 2 fully saturated rings. The Bertz CT molecular complexity index is 763. The quantitative estimate of drug-likeness (QED) is 0.789. The monoisotopic (exact) mass is 428 g/mol. The van der Waals surface area contributed by atoms with Crippen LogP contribution in [0.1, 0.15) is 29.6 Å². The largest absolute Gasteiger partial charge is 0.354 e. The van der Waals surface area contributed by atoms with Gasteiger partial charge in [-0.3, -0.25) is 9.59 Å². The SMILES string of the molecule is O=C(NCC1CCS(=O)(=O)C1)C1CCCN1C(=O)c1ccc(Br)cc1. The third-order valence-corrected chi connectivity index (χ3v) is 7.16. The topological polar surface area (TPSA) is 83.6 Å². The molecule has 3 rings (SSSR count). The molecule has 0 saturated carbocycles. The van der Waals surface area contributed by atoms with Crippen LogP contribution in [-0.4, -0.2) is 55.8 Å². The van der Waals surface area contributed by atoms with Gasteiger partial charge in [0, 0.05) is 23.1 Å². The summed E-state index contributed by atoms with van der Waals surface area (Å²) in [6.45, 7) is 0.916. The Labute approximate surface area is 156 Å². The van der Waals surface area contributed by atoms with Crippen LogP contribution in [0.3, 0.4) is 0 Å². The van der Waals surface area contributed by atoms with Gasteiger partial charge in [-0.1, -0.05) is 15.9 Å². The standard InChI is InChI=1S/C17H21BrN2O4S/c18-14-5-3-13(4-6-14)17(22)20-8-1-2-15(20)16(21)19-10-12-7-9-25(23,24)11-12/h3-6,12,15H,1-2,7-11H2,(H,19,21). The molecule has 1 N–H and O–H groups in total. The van der Waals surface area contributed by atoms with Gasteiger partial charge < -0.3 is 10.2 Å². The third kappa shape index (κ3) is 4.41. The Morgan fingerprint density at radius 1 is 1.20 bits per heavy atom. The van der Waals surface area contributed by atoms with Gasteiger partial charge in [0.15, 0.2) is 9.84 Å². The maximum Gasteiger partial charge on any atom is 0.254 e. The van der Waals surface area contributed by atoms with Crippen molar-refractivity contribution in [3.8, 4) is 0 Å². The molecule has 2 atom stereocenters. The Kier molecular flexibility index (Phi) is 5.48. The Morgan fingerprint density at radius 2 is 1.92 bits per heavy atom. The number of amides is 2. The van der Waals surface area contributed by atoms with E-state index < -0.39 is 15.9 Å². The first kappa shape index (κ1) is 18.4. The molecule has 0 bridgehead atoms. The van der Waals surface area contributed by atoms with Crippen LogP contribution in [0.4, 0.5) is 0 Å². The average molecular weight is 429 g/mol. The number of benzene rings is 1. The van der Waals surface area contributed by atoms with Crippen LogP contribution in [0.25, 0.3) is 0 Å². The van der Waals surface area contributed by atoms with Crippen LogP contribution < -0.4 is 5.32 Å². The molecule has 0 spiro atoms. The number of rotatable bonds is 4. The summed E-state index contributed by atoms with van der Waals surface area (Å²) in [6, 6.07) is 6.61. The molecule has 2 aliphatic rings. The van der Waals surface area contributed by atoms with E-state index in [1.54, 1.807) is 29.2 Å². The number of nitrogens with one attached hydrogen (secondary N) is 1. The molecule has 0 aliphatic carbocycles. The molecule has 25 heavy (non-hydrogen) atoms. The third-order valence-electron chi connectivity index (χ3n) is 4.80. The van der Waals surface area contributed by atoms with Crippen LogP contribution in [-0.2, 0) is 14.6 Å². The molecule has 0 radical (unpaired) electrons. The van der Waals surface area contributed by atoms with Crippen molar-refractivity contribution in [2.45, 2.75) is 25.3 Å². The molecule has 1 aromatic rings. The molecular weight excluding hydrogens is 408 g/mol. The van der Waals surface area contributed by atoms with Gasteiger partial charge in [-0.05, 0) is 49.4 Å². The smallest absolute Gasteiger partial charge is 0.254 e. The molecule has 1 aromatic carbocycles. The van der Waals surface area contributed by atoms with E-state index in [2.05, 4.69) is 21.2 Å². The van der Waals surface area contributed by atoms with Gasteiger partial charge in [0.2, 0.25) is 5.91 Å². The maximum atomic E-state index is 12.7. The minimum atomic E-state index is -2.95. The first-order valence-corrected chi connectivity index (χ1v) is 11.0. The van der Waals surface area contributed by atoms with Gasteiger partial charge in [-0.2, -0.15) is 0 Å². The number of halogens is 1. The molecule has 8 heteroatoms. The minimum Gasteiger partial charge on any atom is -0.354 e. The van der Waals surface area contributed by atoms with E-state index >= 15 is 0 Å². The fourth-order valence-electron chi connectivity index (χ4n) is 3.44. The van der Waals surface area contributed by atoms with Crippen molar-refractivity contribution in [2.75, 3.05) is 24.6 Å². The number of hydrogen-bond acceptors (Lipinski definition) is 4. The first-order chi connectivity index (χ1) is 11.9.